The second kappa shape index (κ2) is 5.44. The average Bonchev–Trinajstić information content (AvgIpc) is 2.19. The second-order valence-electron chi connectivity index (χ2n) is 5.01. The third-order valence-electron chi connectivity index (χ3n) is 3.04. The molecule has 0 amide bonds. The fourth-order valence-corrected chi connectivity index (χ4v) is 2.14. The average molecular weight is 220 g/mol. The minimum Gasteiger partial charge on any atom is -0.304 e. The second-order valence-corrected chi connectivity index (χ2v) is 5.01. The summed E-state index contributed by atoms with van der Waals surface area (Å²) >= 11 is 0. The van der Waals surface area contributed by atoms with E-state index in [-0.39, 0.29) is 0 Å². The molecule has 0 aliphatic rings. The minimum absolute atomic E-state index is 0.564. The molecule has 1 rings (SSSR count). The van der Waals surface area contributed by atoms with Crippen molar-refractivity contribution in [1.29, 1.82) is 0 Å². The van der Waals surface area contributed by atoms with Gasteiger partial charge in [-0.05, 0) is 50.0 Å². The van der Waals surface area contributed by atoms with Crippen LogP contribution >= 0.6 is 0 Å². The fraction of sp³-hybridized carbons (Fsp3) is 0.643. The van der Waals surface area contributed by atoms with Gasteiger partial charge in [-0.2, -0.15) is 0 Å². The molecule has 0 bridgehead atoms. The summed E-state index contributed by atoms with van der Waals surface area (Å²) in [4.78, 5) is 6.78. The minimum atomic E-state index is 0.564. The summed E-state index contributed by atoms with van der Waals surface area (Å²) in [6.45, 7) is 9.84. The zero-order valence-electron chi connectivity index (χ0n) is 11.5. The Morgan fingerprint density at radius 3 is 2.38 bits per heavy atom. The molecule has 0 fully saturated rings. The van der Waals surface area contributed by atoms with Crippen LogP contribution in [0.1, 0.15) is 49.1 Å². The molecule has 0 aliphatic heterocycles. The number of rotatable bonds is 4. The van der Waals surface area contributed by atoms with Crippen molar-refractivity contribution in [3.05, 3.63) is 28.6 Å². The van der Waals surface area contributed by atoms with E-state index < -0.39 is 0 Å². The summed E-state index contributed by atoms with van der Waals surface area (Å²) in [5.41, 5.74) is 5.48. The van der Waals surface area contributed by atoms with Crippen LogP contribution in [0.5, 0.6) is 0 Å². The van der Waals surface area contributed by atoms with Crippen LogP contribution in [-0.4, -0.2) is 24.0 Å². The van der Waals surface area contributed by atoms with Crippen molar-refractivity contribution in [3.63, 3.8) is 0 Å². The Morgan fingerprint density at radius 1 is 1.31 bits per heavy atom. The topological polar surface area (TPSA) is 16.1 Å². The van der Waals surface area contributed by atoms with E-state index in [4.69, 9.17) is 0 Å². The Bertz CT molecular complexity index is 354. The largest absolute Gasteiger partial charge is 0.304 e. The smallest absolute Gasteiger partial charge is 0.0575 e. The van der Waals surface area contributed by atoms with Gasteiger partial charge in [-0.25, -0.2) is 0 Å². The van der Waals surface area contributed by atoms with Crippen LogP contribution in [0.3, 0.4) is 0 Å². The molecule has 0 radical (unpaired) electrons. The Kier molecular flexibility index (Phi) is 4.48. The normalized spacial score (nSPS) is 11.5. The van der Waals surface area contributed by atoms with Crippen molar-refractivity contribution in [2.75, 3.05) is 14.1 Å². The van der Waals surface area contributed by atoms with Gasteiger partial charge in [0.2, 0.25) is 0 Å². The van der Waals surface area contributed by atoms with E-state index in [9.17, 15) is 0 Å². The van der Waals surface area contributed by atoms with Crippen molar-refractivity contribution in [1.82, 2.24) is 9.88 Å². The summed E-state index contributed by atoms with van der Waals surface area (Å²) < 4.78 is 0. The third kappa shape index (κ3) is 2.82. The lowest BCUT2D eigenvalue weighted by Gasteiger charge is -2.18. The maximum Gasteiger partial charge on any atom is 0.0575 e. The van der Waals surface area contributed by atoms with Crippen LogP contribution in [0.2, 0.25) is 0 Å². The van der Waals surface area contributed by atoms with Crippen LogP contribution in [0.15, 0.2) is 6.20 Å². The lowest BCUT2D eigenvalue weighted by atomic mass is 9.93. The van der Waals surface area contributed by atoms with Crippen molar-refractivity contribution >= 4 is 0 Å². The van der Waals surface area contributed by atoms with E-state index in [0.29, 0.717) is 5.92 Å². The summed E-state index contributed by atoms with van der Waals surface area (Å²) in [6, 6.07) is 0. The molecule has 0 saturated heterocycles. The van der Waals surface area contributed by atoms with Crippen molar-refractivity contribution < 1.29 is 0 Å². The molecule has 1 aromatic heterocycles. The van der Waals surface area contributed by atoms with Crippen molar-refractivity contribution in [2.45, 2.75) is 46.6 Å². The highest BCUT2D eigenvalue weighted by atomic mass is 15.1. The SMILES string of the molecule is CCc1c(C(C)C)cnc(CN(C)C)c1C. The van der Waals surface area contributed by atoms with Crippen molar-refractivity contribution in [2.24, 2.45) is 0 Å². The zero-order chi connectivity index (χ0) is 12.3. The monoisotopic (exact) mass is 220 g/mol. The molecule has 0 saturated carbocycles. The first-order valence-electron chi connectivity index (χ1n) is 6.09. The Hall–Kier alpha value is -0.890. The Morgan fingerprint density at radius 2 is 1.94 bits per heavy atom. The molecule has 1 heterocycles. The van der Waals surface area contributed by atoms with E-state index in [1.807, 2.05) is 0 Å². The number of aromatic nitrogens is 1. The summed E-state index contributed by atoms with van der Waals surface area (Å²) in [5.74, 6) is 0.564. The quantitative estimate of drug-likeness (QED) is 0.775. The molecule has 2 heteroatoms. The van der Waals surface area contributed by atoms with E-state index in [0.717, 1.165) is 13.0 Å². The lowest BCUT2D eigenvalue weighted by molar-refractivity contribution is 0.395. The number of hydrogen-bond acceptors (Lipinski definition) is 2. The van der Waals surface area contributed by atoms with E-state index in [1.165, 1.54) is 22.4 Å². The molecule has 0 aromatic carbocycles. The van der Waals surface area contributed by atoms with Gasteiger partial charge >= 0.3 is 0 Å². The standard InChI is InChI=1S/C14H24N2/c1-7-12-11(4)14(9-16(5)6)15-8-13(12)10(2)3/h8,10H,7,9H2,1-6H3. The van der Waals surface area contributed by atoms with Gasteiger partial charge in [0.1, 0.15) is 0 Å². The van der Waals surface area contributed by atoms with Gasteiger partial charge in [-0.3, -0.25) is 4.98 Å². The molecule has 0 N–H and O–H groups in total. The number of nitrogens with zero attached hydrogens (tertiary/aromatic N) is 2. The molecule has 0 unspecified atom stereocenters. The number of hydrogen-bond donors (Lipinski definition) is 0. The molecule has 90 valence electrons. The summed E-state index contributed by atoms with van der Waals surface area (Å²) in [7, 11) is 4.17. The highest BCUT2D eigenvalue weighted by Crippen LogP contribution is 2.24. The lowest BCUT2D eigenvalue weighted by Crippen LogP contribution is -2.15. The van der Waals surface area contributed by atoms with Gasteiger partial charge in [0.05, 0.1) is 5.69 Å². The zero-order valence-corrected chi connectivity index (χ0v) is 11.5. The Labute approximate surface area is 99.7 Å². The molecular weight excluding hydrogens is 196 g/mol. The van der Waals surface area contributed by atoms with Crippen LogP contribution in [0, 0.1) is 6.92 Å². The first-order valence-corrected chi connectivity index (χ1v) is 6.09. The third-order valence-corrected chi connectivity index (χ3v) is 3.04. The molecule has 0 aliphatic carbocycles. The Balaban J connectivity index is 3.18. The van der Waals surface area contributed by atoms with E-state index in [1.54, 1.807) is 0 Å². The van der Waals surface area contributed by atoms with Crippen molar-refractivity contribution in [3.8, 4) is 0 Å². The van der Waals surface area contributed by atoms with E-state index >= 15 is 0 Å². The van der Waals surface area contributed by atoms with E-state index in [2.05, 4.69) is 57.9 Å². The maximum absolute atomic E-state index is 4.61. The summed E-state index contributed by atoms with van der Waals surface area (Å²) in [5, 5.41) is 0. The fourth-order valence-electron chi connectivity index (χ4n) is 2.14. The van der Waals surface area contributed by atoms with Gasteiger partial charge < -0.3 is 4.90 Å². The molecule has 0 atom stereocenters. The maximum atomic E-state index is 4.61. The van der Waals surface area contributed by atoms with Crippen LogP contribution in [0.25, 0.3) is 0 Å². The highest BCUT2D eigenvalue weighted by molar-refractivity contribution is 5.37. The van der Waals surface area contributed by atoms with Gasteiger partial charge in [-0.15, -0.1) is 0 Å². The van der Waals surface area contributed by atoms with Gasteiger partial charge in [0, 0.05) is 12.7 Å². The molecule has 1 aromatic rings. The number of pyridine rings is 1. The van der Waals surface area contributed by atoms with Crippen LogP contribution in [-0.2, 0) is 13.0 Å². The highest BCUT2D eigenvalue weighted by Gasteiger charge is 2.12. The molecular formula is C14H24N2. The molecule has 16 heavy (non-hydrogen) atoms. The van der Waals surface area contributed by atoms with Gasteiger partial charge in [-0.1, -0.05) is 20.8 Å². The van der Waals surface area contributed by atoms with Crippen LogP contribution < -0.4 is 0 Å². The summed E-state index contributed by atoms with van der Waals surface area (Å²) in [6.07, 6.45) is 3.16. The van der Waals surface area contributed by atoms with Crippen LogP contribution in [0.4, 0.5) is 0 Å². The predicted molar refractivity (Wildman–Crippen MR) is 69.8 cm³/mol. The first-order chi connectivity index (χ1) is 7.47. The van der Waals surface area contributed by atoms with Gasteiger partial charge in [0.15, 0.2) is 0 Å². The van der Waals surface area contributed by atoms with Gasteiger partial charge in [0.25, 0.3) is 0 Å². The first kappa shape index (κ1) is 13.2. The predicted octanol–water partition coefficient (Wildman–Crippen LogP) is 3.14. The molecule has 2 nitrogen and oxygen atoms in total. The molecule has 0 spiro atoms.